The third kappa shape index (κ3) is 4.40. The molecular weight excluding hydrogens is 340 g/mol. The van der Waals surface area contributed by atoms with Crippen molar-refractivity contribution in [3.05, 3.63) is 29.8 Å². The van der Waals surface area contributed by atoms with Gasteiger partial charge in [-0.3, -0.25) is 4.79 Å². The number of benzene rings is 1. The molecule has 1 N–H and O–H groups in total. The summed E-state index contributed by atoms with van der Waals surface area (Å²) < 4.78 is 32.7. The Kier molecular flexibility index (Phi) is 5.76. The van der Waals surface area contributed by atoms with Crippen molar-refractivity contribution in [2.24, 2.45) is 5.92 Å². The molecule has 1 aromatic carbocycles. The minimum absolute atomic E-state index is 0.0608. The topological polar surface area (TPSA) is 75.7 Å². The van der Waals surface area contributed by atoms with Gasteiger partial charge in [0.1, 0.15) is 0 Å². The van der Waals surface area contributed by atoms with Gasteiger partial charge in [0.25, 0.3) is 5.91 Å². The summed E-state index contributed by atoms with van der Waals surface area (Å²) in [6.45, 7) is 4.35. The van der Waals surface area contributed by atoms with Crippen LogP contribution in [0.4, 0.5) is 0 Å². The zero-order valence-electron chi connectivity index (χ0n) is 14.6. The lowest BCUT2D eigenvalue weighted by Crippen LogP contribution is -2.39. The van der Waals surface area contributed by atoms with Crippen molar-refractivity contribution < 1.29 is 17.9 Å². The predicted octanol–water partition coefficient (Wildman–Crippen LogP) is 2.02. The molecule has 2 atom stereocenters. The first-order valence-electron chi connectivity index (χ1n) is 8.97. The highest BCUT2D eigenvalue weighted by Gasteiger charge is 2.29. The van der Waals surface area contributed by atoms with Crippen LogP contribution in [0.1, 0.15) is 43.0 Å². The molecule has 3 rings (SSSR count). The van der Waals surface area contributed by atoms with Gasteiger partial charge in [-0.1, -0.05) is 13.0 Å². The van der Waals surface area contributed by atoms with Crippen molar-refractivity contribution in [3.8, 4) is 0 Å². The van der Waals surface area contributed by atoms with Crippen LogP contribution in [0.5, 0.6) is 0 Å². The molecule has 1 amide bonds. The van der Waals surface area contributed by atoms with E-state index in [1.54, 1.807) is 18.2 Å². The Bertz CT molecular complexity index is 714. The first kappa shape index (κ1) is 18.4. The zero-order valence-corrected chi connectivity index (χ0v) is 15.4. The quantitative estimate of drug-likeness (QED) is 0.865. The fourth-order valence-corrected chi connectivity index (χ4v) is 5.07. The standard InChI is InChI=1S/C18H26N2O4S/c1-14-5-3-9-20(13-14)25(22,23)17-8-2-6-15(11-17)18(21)19-12-16-7-4-10-24-16/h2,6,8,11,14,16H,3-5,7,9-10,12-13H2,1H3,(H,19,21)/t14-,16-/m0/s1. The smallest absolute Gasteiger partial charge is 0.251 e. The molecule has 2 saturated heterocycles. The highest BCUT2D eigenvalue weighted by Crippen LogP contribution is 2.24. The Balaban J connectivity index is 1.70. The molecule has 0 spiro atoms. The molecule has 138 valence electrons. The summed E-state index contributed by atoms with van der Waals surface area (Å²) in [5.74, 6) is 0.0981. The third-order valence-corrected chi connectivity index (χ3v) is 6.73. The highest BCUT2D eigenvalue weighted by molar-refractivity contribution is 7.89. The molecule has 2 aliphatic rings. The van der Waals surface area contributed by atoms with Crippen molar-refractivity contribution in [1.82, 2.24) is 9.62 Å². The largest absolute Gasteiger partial charge is 0.376 e. The molecule has 0 saturated carbocycles. The number of hydrogen-bond acceptors (Lipinski definition) is 4. The second kappa shape index (κ2) is 7.85. The molecule has 2 fully saturated rings. The molecule has 1 aromatic rings. The van der Waals surface area contributed by atoms with E-state index in [4.69, 9.17) is 4.74 Å². The van der Waals surface area contributed by atoms with Gasteiger partial charge in [0.2, 0.25) is 10.0 Å². The van der Waals surface area contributed by atoms with Gasteiger partial charge in [-0.2, -0.15) is 4.31 Å². The number of ether oxygens (including phenoxy) is 1. The summed E-state index contributed by atoms with van der Waals surface area (Å²) in [7, 11) is -3.55. The highest BCUT2D eigenvalue weighted by atomic mass is 32.2. The van der Waals surface area contributed by atoms with Crippen LogP contribution in [0.25, 0.3) is 0 Å². The van der Waals surface area contributed by atoms with Crippen LogP contribution < -0.4 is 5.32 Å². The maximum Gasteiger partial charge on any atom is 0.251 e. The lowest BCUT2D eigenvalue weighted by atomic mass is 10.0. The van der Waals surface area contributed by atoms with Gasteiger partial charge in [-0.15, -0.1) is 0 Å². The first-order chi connectivity index (χ1) is 12.0. The third-order valence-electron chi connectivity index (χ3n) is 4.87. The second-order valence-electron chi connectivity index (χ2n) is 6.98. The molecule has 0 aliphatic carbocycles. The van der Waals surface area contributed by atoms with Crippen LogP contribution >= 0.6 is 0 Å². The minimum atomic E-state index is -3.55. The van der Waals surface area contributed by atoms with E-state index in [1.165, 1.54) is 10.4 Å². The Morgan fingerprint density at radius 3 is 2.88 bits per heavy atom. The van der Waals surface area contributed by atoms with Crippen molar-refractivity contribution >= 4 is 15.9 Å². The van der Waals surface area contributed by atoms with Crippen molar-refractivity contribution in [3.63, 3.8) is 0 Å². The summed E-state index contributed by atoms with van der Waals surface area (Å²) in [5.41, 5.74) is 0.365. The molecular formula is C18H26N2O4S. The first-order valence-corrected chi connectivity index (χ1v) is 10.4. The van der Waals surface area contributed by atoms with E-state index in [2.05, 4.69) is 12.2 Å². The fourth-order valence-electron chi connectivity index (χ4n) is 3.43. The lowest BCUT2D eigenvalue weighted by Gasteiger charge is -2.30. The lowest BCUT2D eigenvalue weighted by molar-refractivity contribution is 0.0857. The number of rotatable bonds is 5. The Morgan fingerprint density at radius 2 is 2.16 bits per heavy atom. The van der Waals surface area contributed by atoms with Crippen LogP contribution in [0.3, 0.4) is 0 Å². The molecule has 2 heterocycles. The van der Waals surface area contributed by atoms with Gasteiger partial charge in [0, 0.05) is 31.8 Å². The van der Waals surface area contributed by atoms with E-state index in [1.807, 2.05) is 0 Å². The normalized spacial score (nSPS) is 25.0. The van der Waals surface area contributed by atoms with Crippen LogP contribution in [0.2, 0.25) is 0 Å². The van der Waals surface area contributed by atoms with E-state index >= 15 is 0 Å². The van der Waals surface area contributed by atoms with Crippen molar-refractivity contribution in [1.29, 1.82) is 0 Å². The molecule has 6 nitrogen and oxygen atoms in total. The van der Waals surface area contributed by atoms with Gasteiger partial charge in [0.05, 0.1) is 11.0 Å². The van der Waals surface area contributed by atoms with E-state index in [9.17, 15) is 13.2 Å². The number of nitrogens with zero attached hydrogens (tertiary/aromatic N) is 1. The zero-order chi connectivity index (χ0) is 17.9. The van der Waals surface area contributed by atoms with Gasteiger partial charge < -0.3 is 10.1 Å². The Labute approximate surface area is 149 Å². The van der Waals surface area contributed by atoms with Crippen molar-refractivity contribution in [2.75, 3.05) is 26.2 Å². The summed E-state index contributed by atoms with van der Waals surface area (Å²) in [6, 6.07) is 6.30. The number of hydrogen-bond donors (Lipinski definition) is 1. The molecule has 7 heteroatoms. The van der Waals surface area contributed by atoms with Crippen LogP contribution in [-0.4, -0.2) is 51.0 Å². The SMILES string of the molecule is C[C@H]1CCCN(S(=O)(=O)c2cccc(C(=O)NC[C@@H]3CCCO3)c2)C1. The molecule has 0 aromatic heterocycles. The molecule has 0 unspecified atom stereocenters. The maximum absolute atomic E-state index is 12.8. The summed E-state index contributed by atoms with van der Waals surface area (Å²) in [6.07, 6.45) is 3.95. The predicted molar refractivity (Wildman–Crippen MR) is 94.9 cm³/mol. The second-order valence-corrected chi connectivity index (χ2v) is 8.92. The number of carbonyl (C=O) groups excluding carboxylic acids is 1. The van der Waals surface area contributed by atoms with Gasteiger partial charge in [-0.25, -0.2) is 8.42 Å². The van der Waals surface area contributed by atoms with Crippen molar-refractivity contribution in [2.45, 2.75) is 43.6 Å². The van der Waals surface area contributed by atoms with Crippen LogP contribution in [0, 0.1) is 5.92 Å². The van der Waals surface area contributed by atoms with E-state index in [0.29, 0.717) is 31.1 Å². The maximum atomic E-state index is 12.8. The van der Waals surface area contributed by atoms with Crippen LogP contribution in [0.15, 0.2) is 29.2 Å². The van der Waals surface area contributed by atoms with Gasteiger partial charge >= 0.3 is 0 Å². The average Bonchev–Trinajstić information content (AvgIpc) is 3.13. The number of carbonyl (C=O) groups is 1. The Hall–Kier alpha value is -1.44. The van der Waals surface area contributed by atoms with Gasteiger partial charge in [-0.05, 0) is 49.8 Å². The molecule has 0 bridgehead atoms. The monoisotopic (exact) mass is 366 g/mol. The fraction of sp³-hybridized carbons (Fsp3) is 0.611. The van der Waals surface area contributed by atoms with Crippen LogP contribution in [-0.2, 0) is 14.8 Å². The summed E-state index contributed by atoms with van der Waals surface area (Å²) >= 11 is 0. The Morgan fingerprint density at radius 1 is 1.32 bits per heavy atom. The minimum Gasteiger partial charge on any atom is -0.376 e. The molecule has 0 radical (unpaired) electrons. The molecule has 2 aliphatic heterocycles. The molecule has 25 heavy (non-hydrogen) atoms. The van der Waals surface area contributed by atoms with E-state index < -0.39 is 10.0 Å². The average molecular weight is 366 g/mol. The number of piperidine rings is 1. The summed E-state index contributed by atoms with van der Waals surface area (Å²) in [5, 5.41) is 2.83. The van der Waals surface area contributed by atoms with E-state index in [-0.39, 0.29) is 16.9 Å². The summed E-state index contributed by atoms with van der Waals surface area (Å²) in [4.78, 5) is 12.5. The number of sulfonamides is 1. The number of amides is 1. The van der Waals surface area contributed by atoms with Gasteiger partial charge in [0.15, 0.2) is 0 Å². The van der Waals surface area contributed by atoms with E-state index in [0.717, 1.165) is 32.3 Å². The number of nitrogens with one attached hydrogen (secondary N) is 1.